The highest BCUT2D eigenvalue weighted by Crippen LogP contribution is 2.43. The Balaban J connectivity index is 1.91. The summed E-state index contributed by atoms with van der Waals surface area (Å²) in [4.78, 5) is 27.1. The fourth-order valence-electron chi connectivity index (χ4n) is 2.84. The zero-order valence-corrected chi connectivity index (χ0v) is 14.6. The van der Waals surface area contributed by atoms with Crippen LogP contribution >= 0.6 is 22.7 Å². The molecule has 0 radical (unpaired) electrons. The van der Waals surface area contributed by atoms with E-state index in [2.05, 4.69) is 10.2 Å². The lowest BCUT2D eigenvalue weighted by Gasteiger charge is -2.24. The first-order chi connectivity index (χ1) is 12.6. The maximum absolute atomic E-state index is 14.5. The molecule has 4 rings (SSSR count). The Morgan fingerprint density at radius 3 is 2.65 bits per heavy atom. The van der Waals surface area contributed by atoms with Crippen molar-refractivity contribution in [2.75, 3.05) is 4.90 Å². The minimum Gasteiger partial charge on any atom is -0.503 e. The van der Waals surface area contributed by atoms with Crippen molar-refractivity contribution in [2.24, 2.45) is 0 Å². The van der Waals surface area contributed by atoms with E-state index in [0.29, 0.717) is 4.88 Å². The number of aromatic nitrogens is 2. The normalized spacial score (nSPS) is 17.2. The van der Waals surface area contributed by atoms with E-state index in [9.17, 15) is 19.1 Å². The molecule has 9 heteroatoms. The van der Waals surface area contributed by atoms with Crippen molar-refractivity contribution in [3.8, 4) is 0 Å². The molecule has 3 heterocycles. The van der Waals surface area contributed by atoms with Crippen molar-refractivity contribution in [1.29, 1.82) is 0 Å². The molecule has 2 aromatic heterocycles. The summed E-state index contributed by atoms with van der Waals surface area (Å²) in [6, 6.07) is 7.98. The van der Waals surface area contributed by atoms with Crippen LogP contribution in [0, 0.1) is 5.82 Å². The largest absolute Gasteiger partial charge is 0.503 e. The van der Waals surface area contributed by atoms with Crippen LogP contribution in [0.5, 0.6) is 0 Å². The molecular weight excluding hydrogens is 377 g/mol. The monoisotopic (exact) mass is 387 g/mol. The summed E-state index contributed by atoms with van der Waals surface area (Å²) in [6.07, 6.45) is 0. The summed E-state index contributed by atoms with van der Waals surface area (Å²) < 4.78 is 14.5. The SMILES string of the molecule is O=C(C1=C(O)C(=O)N(c2nncs2)C1c1ccccc1F)c1cccs1. The van der Waals surface area contributed by atoms with E-state index in [-0.39, 0.29) is 16.3 Å². The Morgan fingerprint density at radius 1 is 1.19 bits per heavy atom. The third-order valence-corrected chi connectivity index (χ3v) is 5.51. The van der Waals surface area contributed by atoms with Crippen LogP contribution in [-0.4, -0.2) is 27.0 Å². The second-order valence-electron chi connectivity index (χ2n) is 5.39. The third kappa shape index (κ3) is 2.52. The zero-order valence-electron chi connectivity index (χ0n) is 13.0. The van der Waals surface area contributed by atoms with E-state index in [4.69, 9.17) is 0 Å². The molecule has 0 bridgehead atoms. The number of carbonyl (C=O) groups is 2. The van der Waals surface area contributed by atoms with Crippen molar-refractivity contribution in [3.63, 3.8) is 0 Å². The van der Waals surface area contributed by atoms with Crippen LogP contribution in [-0.2, 0) is 4.79 Å². The maximum atomic E-state index is 14.5. The average molecular weight is 387 g/mol. The number of halogens is 1. The van der Waals surface area contributed by atoms with Crippen LogP contribution in [0.15, 0.2) is 58.6 Å². The van der Waals surface area contributed by atoms with Crippen molar-refractivity contribution in [2.45, 2.75) is 6.04 Å². The van der Waals surface area contributed by atoms with Crippen molar-refractivity contribution in [1.82, 2.24) is 10.2 Å². The van der Waals surface area contributed by atoms with Gasteiger partial charge in [-0.25, -0.2) is 4.39 Å². The van der Waals surface area contributed by atoms with E-state index in [1.165, 1.54) is 35.0 Å². The first-order valence-electron chi connectivity index (χ1n) is 7.45. The van der Waals surface area contributed by atoms with Gasteiger partial charge in [-0.1, -0.05) is 35.6 Å². The van der Waals surface area contributed by atoms with Gasteiger partial charge in [0.05, 0.1) is 10.5 Å². The molecule has 26 heavy (non-hydrogen) atoms. The number of aliphatic hydroxyl groups excluding tert-OH is 1. The van der Waals surface area contributed by atoms with Crippen LogP contribution < -0.4 is 4.90 Å². The summed E-state index contributed by atoms with van der Waals surface area (Å²) in [6.45, 7) is 0. The van der Waals surface area contributed by atoms with E-state index in [1.54, 1.807) is 23.6 Å². The highest BCUT2D eigenvalue weighted by molar-refractivity contribution is 7.13. The van der Waals surface area contributed by atoms with Gasteiger partial charge < -0.3 is 5.11 Å². The standard InChI is InChI=1S/C17H10FN3O3S2/c18-10-5-2-1-4-9(10)13-12(14(22)11-6-3-7-25-11)15(23)16(24)21(13)17-20-19-8-26-17/h1-8,13,23H. The summed E-state index contributed by atoms with van der Waals surface area (Å²) in [5, 5.41) is 19.8. The quantitative estimate of drug-likeness (QED) is 0.693. The summed E-state index contributed by atoms with van der Waals surface area (Å²) >= 11 is 2.23. The molecule has 0 saturated carbocycles. The Labute approximate surface area is 154 Å². The summed E-state index contributed by atoms with van der Waals surface area (Å²) in [5.41, 5.74) is 1.34. The van der Waals surface area contributed by atoms with Gasteiger partial charge in [-0.2, -0.15) is 0 Å². The van der Waals surface area contributed by atoms with Crippen LogP contribution in [0.1, 0.15) is 21.3 Å². The van der Waals surface area contributed by atoms with E-state index >= 15 is 0 Å². The number of Topliss-reactive ketones (excluding diaryl/α,β-unsaturated/α-hetero) is 1. The average Bonchev–Trinajstić information content (AvgIpc) is 3.37. The maximum Gasteiger partial charge on any atom is 0.296 e. The van der Waals surface area contributed by atoms with Gasteiger partial charge in [-0.15, -0.1) is 21.5 Å². The molecule has 1 aliphatic heterocycles. The fourth-order valence-corrected chi connectivity index (χ4v) is 4.10. The lowest BCUT2D eigenvalue weighted by molar-refractivity contribution is -0.117. The van der Waals surface area contributed by atoms with Gasteiger partial charge in [-0.05, 0) is 17.5 Å². The number of anilines is 1. The van der Waals surface area contributed by atoms with Gasteiger partial charge >= 0.3 is 0 Å². The number of amides is 1. The van der Waals surface area contributed by atoms with E-state index in [1.807, 2.05) is 0 Å². The highest BCUT2D eigenvalue weighted by Gasteiger charge is 2.46. The molecule has 1 aliphatic rings. The number of rotatable bonds is 4. The molecule has 0 fully saturated rings. The van der Waals surface area contributed by atoms with Gasteiger partial charge in [0.15, 0.2) is 5.76 Å². The van der Waals surface area contributed by atoms with Gasteiger partial charge in [0.1, 0.15) is 17.4 Å². The molecule has 1 N–H and O–H groups in total. The second kappa shape index (κ2) is 6.43. The van der Waals surface area contributed by atoms with Gasteiger partial charge in [0.25, 0.3) is 5.91 Å². The predicted octanol–water partition coefficient (Wildman–Crippen LogP) is 3.52. The summed E-state index contributed by atoms with van der Waals surface area (Å²) in [5.74, 6) is -2.63. The molecule has 0 saturated heterocycles. The fraction of sp³-hybridized carbons (Fsp3) is 0.0588. The summed E-state index contributed by atoms with van der Waals surface area (Å²) in [7, 11) is 0. The van der Waals surface area contributed by atoms with Crippen molar-refractivity contribution < 1.29 is 19.1 Å². The Hall–Kier alpha value is -2.91. The lowest BCUT2D eigenvalue weighted by atomic mass is 9.95. The number of aliphatic hydroxyl groups is 1. The first-order valence-corrected chi connectivity index (χ1v) is 9.21. The molecule has 0 aliphatic carbocycles. The molecular formula is C17H10FN3O3S2. The molecule has 1 amide bonds. The molecule has 1 atom stereocenters. The molecule has 0 spiro atoms. The predicted molar refractivity (Wildman–Crippen MR) is 94.8 cm³/mol. The molecule has 6 nitrogen and oxygen atoms in total. The zero-order chi connectivity index (χ0) is 18.3. The molecule has 1 unspecified atom stereocenters. The number of benzene rings is 1. The highest BCUT2D eigenvalue weighted by atomic mass is 32.1. The molecule has 3 aromatic rings. The third-order valence-electron chi connectivity index (χ3n) is 3.95. The van der Waals surface area contributed by atoms with Gasteiger partial charge in [-0.3, -0.25) is 14.5 Å². The lowest BCUT2D eigenvalue weighted by Crippen LogP contribution is -2.31. The van der Waals surface area contributed by atoms with Crippen molar-refractivity contribution in [3.05, 3.63) is 74.9 Å². The number of carbonyl (C=O) groups excluding carboxylic acids is 2. The Morgan fingerprint density at radius 2 is 2.00 bits per heavy atom. The first kappa shape index (κ1) is 16.6. The number of nitrogens with zero attached hydrogens (tertiary/aromatic N) is 3. The van der Waals surface area contributed by atoms with Gasteiger partial charge in [0.2, 0.25) is 10.9 Å². The minimum absolute atomic E-state index is 0.0972. The van der Waals surface area contributed by atoms with Crippen molar-refractivity contribution >= 4 is 39.5 Å². The van der Waals surface area contributed by atoms with Gasteiger partial charge in [0, 0.05) is 5.56 Å². The number of hydrogen-bond donors (Lipinski definition) is 1. The second-order valence-corrected chi connectivity index (χ2v) is 7.15. The van der Waals surface area contributed by atoms with E-state index < -0.39 is 29.3 Å². The van der Waals surface area contributed by atoms with Crippen LogP contribution in [0.2, 0.25) is 0 Å². The van der Waals surface area contributed by atoms with Crippen LogP contribution in [0.4, 0.5) is 9.52 Å². The minimum atomic E-state index is -1.12. The van der Waals surface area contributed by atoms with Crippen LogP contribution in [0.3, 0.4) is 0 Å². The topological polar surface area (TPSA) is 83.4 Å². The Bertz CT molecular complexity index is 1020. The number of thiophene rings is 1. The number of ketones is 1. The Kier molecular flexibility index (Phi) is 4.09. The van der Waals surface area contributed by atoms with E-state index in [0.717, 1.165) is 16.2 Å². The molecule has 1 aromatic carbocycles. The van der Waals surface area contributed by atoms with Crippen LogP contribution in [0.25, 0.3) is 0 Å². The molecule has 130 valence electrons. The smallest absolute Gasteiger partial charge is 0.296 e. The number of hydrogen-bond acceptors (Lipinski definition) is 7.